The summed E-state index contributed by atoms with van der Waals surface area (Å²) in [5.41, 5.74) is 2.36. The number of piperazine rings is 1. The third-order valence-electron chi connectivity index (χ3n) is 5.08. The zero-order valence-corrected chi connectivity index (χ0v) is 16.7. The quantitative estimate of drug-likeness (QED) is 0.616. The molecule has 0 saturated carbocycles. The van der Waals surface area contributed by atoms with Gasteiger partial charge in [0.2, 0.25) is 5.88 Å². The molecule has 0 atom stereocenters. The Labute approximate surface area is 171 Å². The van der Waals surface area contributed by atoms with Crippen molar-refractivity contribution in [3.8, 4) is 11.6 Å². The maximum atomic E-state index is 5.86. The summed E-state index contributed by atoms with van der Waals surface area (Å²) in [6.07, 6.45) is 3.54. The first-order chi connectivity index (χ1) is 14.3. The van der Waals surface area contributed by atoms with E-state index >= 15 is 0 Å². The third-order valence-corrected chi connectivity index (χ3v) is 5.08. The molecule has 1 fully saturated rings. The van der Waals surface area contributed by atoms with Crippen LogP contribution in [0.3, 0.4) is 0 Å². The van der Waals surface area contributed by atoms with E-state index in [1.807, 2.05) is 36.4 Å². The fourth-order valence-corrected chi connectivity index (χ4v) is 3.46. The Morgan fingerprint density at radius 3 is 2.48 bits per heavy atom. The molecule has 1 saturated heterocycles. The maximum Gasteiger partial charge on any atom is 0.215 e. The molecule has 3 heterocycles. The first kappa shape index (κ1) is 19.2. The van der Waals surface area contributed by atoms with Gasteiger partial charge in [-0.3, -0.25) is 9.88 Å². The molecular weight excluding hydrogens is 364 g/mol. The first-order valence-electron chi connectivity index (χ1n) is 9.89. The van der Waals surface area contributed by atoms with Crippen molar-refractivity contribution < 1.29 is 9.47 Å². The lowest BCUT2D eigenvalue weighted by molar-refractivity contribution is 0.248. The van der Waals surface area contributed by atoms with E-state index < -0.39 is 0 Å². The van der Waals surface area contributed by atoms with Crippen LogP contribution in [0.5, 0.6) is 11.6 Å². The van der Waals surface area contributed by atoms with Crippen LogP contribution in [0.4, 0.5) is 5.82 Å². The SMILES string of the molecule is COc1cccc(CN2CCN(c3cccc(OCc4ccncc4)n3)CC2)c1. The summed E-state index contributed by atoms with van der Waals surface area (Å²) in [4.78, 5) is 13.5. The van der Waals surface area contributed by atoms with Crippen molar-refractivity contribution in [2.24, 2.45) is 0 Å². The summed E-state index contributed by atoms with van der Waals surface area (Å²) in [5, 5.41) is 0. The van der Waals surface area contributed by atoms with E-state index in [0.717, 1.165) is 49.9 Å². The van der Waals surface area contributed by atoms with Crippen molar-refractivity contribution >= 4 is 5.82 Å². The first-order valence-corrected chi connectivity index (χ1v) is 9.89. The number of anilines is 1. The van der Waals surface area contributed by atoms with Crippen LogP contribution in [0.15, 0.2) is 67.0 Å². The van der Waals surface area contributed by atoms with E-state index in [1.54, 1.807) is 19.5 Å². The second-order valence-electron chi connectivity index (χ2n) is 7.09. The van der Waals surface area contributed by atoms with E-state index in [1.165, 1.54) is 5.56 Å². The standard InChI is InChI=1S/C23H26N4O2/c1-28-21-5-2-4-20(16-21)17-26-12-14-27(15-13-26)22-6-3-7-23(25-22)29-18-19-8-10-24-11-9-19/h2-11,16H,12-15,17-18H2,1H3. The van der Waals surface area contributed by atoms with E-state index in [9.17, 15) is 0 Å². The van der Waals surface area contributed by atoms with Crippen molar-refractivity contribution in [3.63, 3.8) is 0 Å². The minimum atomic E-state index is 0.493. The number of rotatable bonds is 7. The Morgan fingerprint density at radius 2 is 1.69 bits per heavy atom. The number of aromatic nitrogens is 2. The van der Waals surface area contributed by atoms with Gasteiger partial charge < -0.3 is 14.4 Å². The second kappa shape index (κ2) is 9.39. The van der Waals surface area contributed by atoms with Gasteiger partial charge in [0.25, 0.3) is 0 Å². The molecule has 6 nitrogen and oxygen atoms in total. The molecule has 0 radical (unpaired) electrons. The second-order valence-corrected chi connectivity index (χ2v) is 7.09. The van der Waals surface area contributed by atoms with Crippen molar-refractivity contribution in [2.75, 3.05) is 38.2 Å². The monoisotopic (exact) mass is 390 g/mol. The Kier molecular flexibility index (Phi) is 6.22. The minimum absolute atomic E-state index is 0.493. The summed E-state index contributed by atoms with van der Waals surface area (Å²) >= 11 is 0. The van der Waals surface area contributed by atoms with E-state index in [-0.39, 0.29) is 0 Å². The number of ether oxygens (including phenoxy) is 2. The van der Waals surface area contributed by atoms with Crippen molar-refractivity contribution in [1.29, 1.82) is 0 Å². The molecular formula is C23H26N4O2. The zero-order chi connectivity index (χ0) is 19.9. The average molecular weight is 390 g/mol. The Balaban J connectivity index is 1.31. The molecule has 1 aliphatic rings. The van der Waals surface area contributed by atoms with Gasteiger partial charge in [-0.1, -0.05) is 18.2 Å². The van der Waals surface area contributed by atoms with Gasteiger partial charge >= 0.3 is 0 Å². The van der Waals surface area contributed by atoms with Crippen molar-refractivity contribution in [2.45, 2.75) is 13.2 Å². The predicted molar refractivity (Wildman–Crippen MR) is 113 cm³/mol. The lowest BCUT2D eigenvalue weighted by Crippen LogP contribution is -2.46. The summed E-state index contributed by atoms with van der Waals surface area (Å²) in [6, 6.07) is 18.2. The van der Waals surface area contributed by atoms with Crippen LogP contribution in [0.1, 0.15) is 11.1 Å². The molecule has 4 rings (SSSR count). The van der Waals surface area contributed by atoms with E-state index in [0.29, 0.717) is 12.5 Å². The van der Waals surface area contributed by atoms with Crippen molar-refractivity contribution in [1.82, 2.24) is 14.9 Å². The van der Waals surface area contributed by atoms with E-state index in [4.69, 9.17) is 14.5 Å². The smallest absolute Gasteiger partial charge is 0.215 e. The Bertz CT molecular complexity index is 912. The van der Waals surface area contributed by atoms with Crippen LogP contribution >= 0.6 is 0 Å². The van der Waals surface area contributed by atoms with Gasteiger partial charge in [0.15, 0.2) is 0 Å². The van der Waals surface area contributed by atoms with Gasteiger partial charge in [-0.25, -0.2) is 0 Å². The summed E-state index contributed by atoms with van der Waals surface area (Å²) < 4.78 is 11.2. The minimum Gasteiger partial charge on any atom is -0.497 e. The van der Waals surface area contributed by atoms with Crippen LogP contribution in [0, 0.1) is 0 Å². The number of nitrogens with zero attached hydrogens (tertiary/aromatic N) is 4. The highest BCUT2D eigenvalue weighted by atomic mass is 16.5. The number of pyridine rings is 2. The van der Waals surface area contributed by atoms with Crippen LogP contribution in [0.25, 0.3) is 0 Å². The van der Waals surface area contributed by atoms with E-state index in [2.05, 4.69) is 33.0 Å². The summed E-state index contributed by atoms with van der Waals surface area (Å²) in [6.45, 7) is 5.33. The predicted octanol–water partition coefficient (Wildman–Crippen LogP) is 3.39. The van der Waals surface area contributed by atoms with Gasteiger partial charge in [-0.2, -0.15) is 4.98 Å². The molecule has 0 unspecified atom stereocenters. The molecule has 29 heavy (non-hydrogen) atoms. The lowest BCUT2D eigenvalue weighted by atomic mass is 10.2. The van der Waals surface area contributed by atoms with Gasteiger partial charge in [0, 0.05) is 51.2 Å². The number of hydrogen-bond donors (Lipinski definition) is 0. The van der Waals surface area contributed by atoms with Gasteiger partial charge in [-0.15, -0.1) is 0 Å². The molecule has 2 aromatic heterocycles. The van der Waals surface area contributed by atoms with Gasteiger partial charge in [0.1, 0.15) is 18.2 Å². The molecule has 150 valence electrons. The summed E-state index contributed by atoms with van der Waals surface area (Å²) in [7, 11) is 1.71. The average Bonchev–Trinajstić information content (AvgIpc) is 2.79. The highest BCUT2D eigenvalue weighted by Crippen LogP contribution is 2.20. The zero-order valence-electron chi connectivity index (χ0n) is 16.7. The molecule has 3 aromatic rings. The fraction of sp³-hybridized carbons (Fsp3) is 0.304. The number of hydrogen-bond acceptors (Lipinski definition) is 6. The molecule has 1 aromatic carbocycles. The highest BCUT2D eigenvalue weighted by molar-refractivity contribution is 5.41. The van der Waals surface area contributed by atoms with Crippen LogP contribution in [0.2, 0.25) is 0 Å². The Morgan fingerprint density at radius 1 is 0.897 bits per heavy atom. The normalized spacial score (nSPS) is 14.6. The van der Waals surface area contributed by atoms with Crippen LogP contribution in [-0.4, -0.2) is 48.2 Å². The van der Waals surface area contributed by atoms with Crippen LogP contribution in [-0.2, 0) is 13.2 Å². The highest BCUT2D eigenvalue weighted by Gasteiger charge is 2.18. The number of methoxy groups -OCH3 is 1. The maximum absolute atomic E-state index is 5.86. The molecule has 0 bridgehead atoms. The molecule has 0 N–H and O–H groups in total. The molecule has 0 amide bonds. The van der Waals surface area contributed by atoms with Gasteiger partial charge in [-0.05, 0) is 41.5 Å². The summed E-state index contributed by atoms with van der Waals surface area (Å²) in [5.74, 6) is 2.53. The molecule has 1 aliphatic heterocycles. The number of benzene rings is 1. The van der Waals surface area contributed by atoms with Crippen molar-refractivity contribution in [3.05, 3.63) is 78.1 Å². The molecule has 0 aliphatic carbocycles. The topological polar surface area (TPSA) is 50.7 Å². The fourth-order valence-electron chi connectivity index (χ4n) is 3.46. The largest absolute Gasteiger partial charge is 0.497 e. The Hall–Kier alpha value is -3.12. The molecule has 6 heteroatoms. The third kappa shape index (κ3) is 5.23. The van der Waals surface area contributed by atoms with Gasteiger partial charge in [0.05, 0.1) is 7.11 Å². The lowest BCUT2D eigenvalue weighted by Gasteiger charge is -2.35. The molecule has 0 spiro atoms. The van der Waals surface area contributed by atoms with Crippen LogP contribution < -0.4 is 14.4 Å².